The Hall–Kier alpha value is -0.900. The molecule has 1 saturated heterocycles. The Morgan fingerprint density at radius 2 is 2.20 bits per heavy atom. The van der Waals surface area contributed by atoms with Crippen molar-refractivity contribution in [2.75, 3.05) is 26.2 Å². The van der Waals surface area contributed by atoms with E-state index in [1.54, 1.807) is 6.92 Å². The van der Waals surface area contributed by atoms with E-state index < -0.39 is 0 Å². The van der Waals surface area contributed by atoms with Gasteiger partial charge in [-0.1, -0.05) is 0 Å². The highest BCUT2D eigenvalue weighted by Gasteiger charge is 2.25. The maximum absolute atomic E-state index is 11.7. The first-order valence-electron chi connectivity index (χ1n) is 5.55. The van der Waals surface area contributed by atoms with Crippen molar-refractivity contribution >= 4 is 11.7 Å². The van der Waals surface area contributed by atoms with Crippen LogP contribution in [0.1, 0.15) is 27.2 Å². The summed E-state index contributed by atoms with van der Waals surface area (Å²) in [6.45, 7) is 8.37. The number of carbonyl (C=O) groups is 2. The standard InChI is InChI=1S/C11H20N2O2/c1-4-13-9(2)7-12(8-10(3)14)6-5-11(13)15/h9H,4-8H2,1-3H3. The van der Waals surface area contributed by atoms with Gasteiger partial charge < -0.3 is 4.90 Å². The fraction of sp³-hybridized carbons (Fsp3) is 0.818. The van der Waals surface area contributed by atoms with Gasteiger partial charge in [0.1, 0.15) is 5.78 Å². The second-order valence-electron chi connectivity index (χ2n) is 4.22. The minimum Gasteiger partial charge on any atom is -0.339 e. The average Bonchev–Trinajstić information content (AvgIpc) is 2.25. The monoisotopic (exact) mass is 212 g/mol. The zero-order valence-electron chi connectivity index (χ0n) is 9.82. The molecule has 1 unspecified atom stereocenters. The fourth-order valence-corrected chi connectivity index (χ4v) is 2.15. The van der Waals surface area contributed by atoms with Crippen LogP contribution in [0.5, 0.6) is 0 Å². The quantitative estimate of drug-likeness (QED) is 0.684. The van der Waals surface area contributed by atoms with E-state index >= 15 is 0 Å². The SMILES string of the molecule is CCN1C(=O)CCN(CC(C)=O)CC1C. The Balaban J connectivity index is 2.62. The third-order valence-electron chi connectivity index (χ3n) is 2.80. The van der Waals surface area contributed by atoms with Gasteiger partial charge in [0.25, 0.3) is 0 Å². The van der Waals surface area contributed by atoms with Crippen molar-refractivity contribution in [1.82, 2.24) is 9.80 Å². The van der Waals surface area contributed by atoms with Crippen molar-refractivity contribution in [2.45, 2.75) is 33.2 Å². The maximum Gasteiger partial charge on any atom is 0.224 e. The lowest BCUT2D eigenvalue weighted by atomic mass is 10.2. The molecule has 1 atom stereocenters. The van der Waals surface area contributed by atoms with Crippen LogP contribution in [0, 0.1) is 0 Å². The van der Waals surface area contributed by atoms with Crippen LogP contribution < -0.4 is 0 Å². The number of nitrogens with zero attached hydrogens (tertiary/aromatic N) is 2. The molecule has 1 rings (SSSR count). The predicted octanol–water partition coefficient (Wildman–Crippen LogP) is 0.518. The van der Waals surface area contributed by atoms with Gasteiger partial charge in [0.15, 0.2) is 0 Å². The minimum atomic E-state index is 0.166. The predicted molar refractivity (Wildman–Crippen MR) is 58.6 cm³/mol. The average molecular weight is 212 g/mol. The molecule has 0 aromatic rings. The molecule has 15 heavy (non-hydrogen) atoms. The Bertz CT molecular complexity index is 253. The van der Waals surface area contributed by atoms with Gasteiger partial charge in [-0.2, -0.15) is 0 Å². The van der Waals surface area contributed by atoms with Crippen molar-refractivity contribution in [1.29, 1.82) is 0 Å². The summed E-state index contributed by atoms with van der Waals surface area (Å²) in [5, 5.41) is 0. The van der Waals surface area contributed by atoms with Gasteiger partial charge in [0, 0.05) is 32.1 Å². The molecule has 1 aliphatic heterocycles. The lowest BCUT2D eigenvalue weighted by Gasteiger charge is -2.27. The number of likely N-dealkylation sites (N-methyl/N-ethyl adjacent to an activating group) is 1. The molecule has 1 aliphatic rings. The number of ketones is 1. The van der Waals surface area contributed by atoms with E-state index in [-0.39, 0.29) is 17.7 Å². The minimum absolute atomic E-state index is 0.166. The number of hydrogen-bond donors (Lipinski definition) is 0. The zero-order valence-corrected chi connectivity index (χ0v) is 9.82. The van der Waals surface area contributed by atoms with E-state index in [1.807, 2.05) is 18.7 Å². The van der Waals surface area contributed by atoms with E-state index in [9.17, 15) is 9.59 Å². The molecular weight excluding hydrogens is 192 g/mol. The van der Waals surface area contributed by atoms with Crippen LogP contribution >= 0.6 is 0 Å². The molecule has 0 spiro atoms. The third-order valence-corrected chi connectivity index (χ3v) is 2.80. The van der Waals surface area contributed by atoms with Crippen LogP contribution in [0.3, 0.4) is 0 Å². The molecule has 0 bridgehead atoms. The maximum atomic E-state index is 11.7. The normalized spacial score (nSPS) is 24.1. The summed E-state index contributed by atoms with van der Waals surface area (Å²) in [6.07, 6.45) is 0.533. The first-order valence-corrected chi connectivity index (χ1v) is 5.55. The highest BCUT2D eigenvalue weighted by atomic mass is 16.2. The van der Waals surface area contributed by atoms with Crippen LogP contribution in [0.2, 0.25) is 0 Å². The Labute approximate surface area is 91.2 Å². The van der Waals surface area contributed by atoms with Crippen molar-refractivity contribution in [2.24, 2.45) is 0 Å². The Morgan fingerprint density at radius 3 is 2.73 bits per heavy atom. The molecule has 0 saturated carbocycles. The van der Waals surface area contributed by atoms with E-state index in [0.29, 0.717) is 19.5 Å². The number of Topliss-reactive ketones (excluding diaryl/α,β-unsaturated/α-hetero) is 1. The van der Waals surface area contributed by atoms with Gasteiger partial charge in [0.2, 0.25) is 5.91 Å². The number of hydrogen-bond acceptors (Lipinski definition) is 3. The molecule has 0 radical (unpaired) electrons. The summed E-state index contributed by atoms with van der Waals surface area (Å²) in [6, 6.07) is 0.212. The molecular formula is C11H20N2O2. The van der Waals surface area contributed by atoms with Crippen LogP contribution in [-0.2, 0) is 9.59 Å². The highest BCUT2D eigenvalue weighted by molar-refractivity contribution is 5.79. The van der Waals surface area contributed by atoms with Gasteiger partial charge in [0.05, 0.1) is 6.54 Å². The van der Waals surface area contributed by atoms with Crippen molar-refractivity contribution in [3.05, 3.63) is 0 Å². The third kappa shape index (κ3) is 3.30. The largest absolute Gasteiger partial charge is 0.339 e. The van der Waals surface area contributed by atoms with Crippen LogP contribution in [0.15, 0.2) is 0 Å². The van der Waals surface area contributed by atoms with E-state index in [1.165, 1.54) is 0 Å². The van der Waals surface area contributed by atoms with Crippen LogP contribution in [0.25, 0.3) is 0 Å². The molecule has 0 aromatic heterocycles. The van der Waals surface area contributed by atoms with Crippen LogP contribution in [0.4, 0.5) is 0 Å². The Kier molecular flexibility index (Phi) is 4.27. The smallest absolute Gasteiger partial charge is 0.224 e. The molecule has 4 nitrogen and oxygen atoms in total. The first-order chi connectivity index (χ1) is 7.04. The first kappa shape index (κ1) is 12.2. The summed E-state index contributed by atoms with van der Waals surface area (Å²) in [5.41, 5.74) is 0. The van der Waals surface area contributed by atoms with Gasteiger partial charge in [-0.25, -0.2) is 0 Å². The van der Waals surface area contributed by atoms with Gasteiger partial charge in [-0.05, 0) is 20.8 Å². The molecule has 0 N–H and O–H groups in total. The van der Waals surface area contributed by atoms with E-state index in [4.69, 9.17) is 0 Å². The molecule has 1 amide bonds. The lowest BCUT2D eigenvalue weighted by Crippen LogP contribution is -2.41. The molecule has 86 valence electrons. The Morgan fingerprint density at radius 1 is 1.53 bits per heavy atom. The van der Waals surface area contributed by atoms with E-state index in [0.717, 1.165) is 13.1 Å². The fourth-order valence-electron chi connectivity index (χ4n) is 2.15. The van der Waals surface area contributed by atoms with Gasteiger partial charge >= 0.3 is 0 Å². The highest BCUT2D eigenvalue weighted by Crippen LogP contribution is 2.10. The van der Waals surface area contributed by atoms with Gasteiger partial charge in [-0.3, -0.25) is 14.5 Å². The molecule has 4 heteroatoms. The van der Waals surface area contributed by atoms with Gasteiger partial charge in [-0.15, -0.1) is 0 Å². The second kappa shape index (κ2) is 5.26. The zero-order chi connectivity index (χ0) is 11.4. The second-order valence-corrected chi connectivity index (χ2v) is 4.22. The molecule has 0 aromatic carbocycles. The summed E-state index contributed by atoms with van der Waals surface area (Å²) in [7, 11) is 0. The van der Waals surface area contributed by atoms with Crippen molar-refractivity contribution in [3.63, 3.8) is 0 Å². The van der Waals surface area contributed by atoms with Crippen molar-refractivity contribution in [3.8, 4) is 0 Å². The summed E-state index contributed by atoms with van der Waals surface area (Å²) in [4.78, 5) is 26.7. The van der Waals surface area contributed by atoms with Crippen LogP contribution in [-0.4, -0.2) is 53.7 Å². The summed E-state index contributed by atoms with van der Waals surface area (Å²) < 4.78 is 0. The lowest BCUT2D eigenvalue weighted by molar-refractivity contribution is -0.131. The number of carbonyl (C=O) groups excluding carboxylic acids is 2. The summed E-state index contributed by atoms with van der Waals surface area (Å²) >= 11 is 0. The van der Waals surface area contributed by atoms with Crippen molar-refractivity contribution < 1.29 is 9.59 Å². The summed E-state index contributed by atoms with van der Waals surface area (Å²) in [5.74, 6) is 0.371. The molecule has 1 heterocycles. The number of rotatable bonds is 3. The molecule has 0 aliphatic carbocycles. The molecule has 1 fully saturated rings. The topological polar surface area (TPSA) is 40.6 Å². The van der Waals surface area contributed by atoms with E-state index in [2.05, 4.69) is 4.90 Å². The number of amides is 1.